The van der Waals surface area contributed by atoms with Crippen molar-refractivity contribution in [2.75, 3.05) is 19.8 Å². The van der Waals surface area contributed by atoms with E-state index in [9.17, 15) is 4.39 Å². The third-order valence-electron chi connectivity index (χ3n) is 3.15. The van der Waals surface area contributed by atoms with Crippen molar-refractivity contribution >= 4 is 0 Å². The van der Waals surface area contributed by atoms with Crippen molar-refractivity contribution in [3.8, 4) is 0 Å². The first-order valence-corrected chi connectivity index (χ1v) is 4.77. The number of fused-ring (bicyclic) bond motifs is 2. The molecule has 1 aliphatic carbocycles. The summed E-state index contributed by atoms with van der Waals surface area (Å²) >= 11 is 0. The Morgan fingerprint density at radius 2 is 2.33 bits per heavy atom. The summed E-state index contributed by atoms with van der Waals surface area (Å²) in [6, 6.07) is 0.649. The van der Waals surface area contributed by atoms with Gasteiger partial charge in [-0.15, -0.1) is 0 Å². The molecule has 0 aromatic heterocycles. The van der Waals surface area contributed by atoms with Gasteiger partial charge in [0.25, 0.3) is 0 Å². The largest absolute Gasteiger partial charge is 0.389 e. The number of rotatable bonds is 3. The van der Waals surface area contributed by atoms with E-state index in [0.29, 0.717) is 12.6 Å². The van der Waals surface area contributed by atoms with Crippen molar-refractivity contribution < 1.29 is 9.50 Å². The molecule has 1 heterocycles. The van der Waals surface area contributed by atoms with Crippen molar-refractivity contribution in [2.24, 2.45) is 5.92 Å². The molecule has 0 amide bonds. The lowest BCUT2D eigenvalue weighted by molar-refractivity contribution is 0.0757. The minimum atomic E-state index is -0.760. The molecule has 0 radical (unpaired) electrons. The van der Waals surface area contributed by atoms with Crippen LogP contribution in [-0.4, -0.2) is 41.9 Å². The van der Waals surface area contributed by atoms with Crippen LogP contribution in [0.4, 0.5) is 4.39 Å². The second-order valence-corrected chi connectivity index (χ2v) is 4.09. The van der Waals surface area contributed by atoms with E-state index in [0.717, 1.165) is 12.5 Å². The highest BCUT2D eigenvalue weighted by Crippen LogP contribution is 2.37. The maximum atomic E-state index is 12.0. The zero-order valence-corrected chi connectivity index (χ0v) is 7.25. The summed E-state index contributed by atoms with van der Waals surface area (Å²) < 4.78 is 12.0. The van der Waals surface area contributed by atoms with E-state index in [1.165, 1.54) is 19.3 Å². The van der Waals surface area contributed by atoms with E-state index in [-0.39, 0.29) is 0 Å². The molecule has 1 saturated heterocycles. The number of nitrogens with zero attached hydrogens (tertiary/aromatic N) is 1. The molecule has 1 saturated carbocycles. The minimum absolute atomic E-state index is 0.539. The number of hydrogen-bond acceptors (Lipinski definition) is 2. The Morgan fingerprint density at radius 1 is 1.50 bits per heavy atom. The maximum absolute atomic E-state index is 12.0. The normalized spacial score (nSPS) is 37.5. The molecule has 2 nitrogen and oxygen atoms in total. The molecular weight excluding hydrogens is 157 g/mol. The summed E-state index contributed by atoms with van der Waals surface area (Å²) in [5, 5.41) is 9.13. The van der Waals surface area contributed by atoms with Gasteiger partial charge in [-0.1, -0.05) is 0 Å². The summed E-state index contributed by atoms with van der Waals surface area (Å²) in [6.45, 7) is 1.02. The van der Waals surface area contributed by atoms with E-state index >= 15 is 0 Å². The van der Waals surface area contributed by atoms with Crippen molar-refractivity contribution in [1.29, 1.82) is 0 Å². The Bertz CT molecular complexity index is 165. The van der Waals surface area contributed by atoms with Gasteiger partial charge in [0.1, 0.15) is 6.67 Å². The van der Waals surface area contributed by atoms with Gasteiger partial charge in [0.05, 0.1) is 6.10 Å². The monoisotopic (exact) mass is 173 g/mol. The second kappa shape index (κ2) is 3.30. The Hall–Kier alpha value is -0.150. The van der Waals surface area contributed by atoms with Crippen LogP contribution in [0.25, 0.3) is 0 Å². The Balaban J connectivity index is 1.82. The van der Waals surface area contributed by atoms with Gasteiger partial charge in [-0.05, 0) is 25.2 Å². The third-order valence-corrected chi connectivity index (χ3v) is 3.15. The summed E-state index contributed by atoms with van der Waals surface area (Å²) in [5.41, 5.74) is 0. The number of hydrogen-bond donors (Lipinski definition) is 1. The van der Waals surface area contributed by atoms with Crippen LogP contribution in [-0.2, 0) is 0 Å². The summed E-state index contributed by atoms with van der Waals surface area (Å²) in [5.74, 6) is 0.835. The standard InChI is InChI=1S/C9H16FNO/c10-4-9(12)6-11-5-7-1-2-8(11)3-7/h7-9,12H,1-6H2. The number of halogens is 1. The van der Waals surface area contributed by atoms with Gasteiger partial charge in [0.2, 0.25) is 0 Å². The van der Waals surface area contributed by atoms with Crippen molar-refractivity contribution in [1.82, 2.24) is 4.90 Å². The van der Waals surface area contributed by atoms with E-state index in [1.807, 2.05) is 0 Å². The Morgan fingerprint density at radius 3 is 2.83 bits per heavy atom. The molecule has 0 aromatic carbocycles. The van der Waals surface area contributed by atoms with Gasteiger partial charge in [0.15, 0.2) is 0 Å². The lowest BCUT2D eigenvalue weighted by Crippen LogP contribution is -2.38. The van der Waals surface area contributed by atoms with Gasteiger partial charge in [0, 0.05) is 19.1 Å². The van der Waals surface area contributed by atoms with Crippen LogP contribution in [0.5, 0.6) is 0 Å². The maximum Gasteiger partial charge on any atom is 0.117 e. The topological polar surface area (TPSA) is 23.5 Å². The molecule has 70 valence electrons. The van der Waals surface area contributed by atoms with Gasteiger partial charge in [-0.2, -0.15) is 0 Å². The first-order valence-electron chi connectivity index (χ1n) is 4.77. The number of alkyl halides is 1. The highest BCUT2D eigenvalue weighted by Gasteiger charge is 2.37. The van der Waals surface area contributed by atoms with Crippen molar-refractivity contribution in [3.63, 3.8) is 0 Å². The van der Waals surface area contributed by atoms with Gasteiger partial charge < -0.3 is 5.11 Å². The highest BCUT2D eigenvalue weighted by atomic mass is 19.1. The number of aliphatic hydroxyl groups is 1. The molecule has 2 rings (SSSR count). The van der Waals surface area contributed by atoms with Gasteiger partial charge in [-0.25, -0.2) is 4.39 Å². The fourth-order valence-electron chi connectivity index (χ4n) is 2.57. The van der Waals surface area contributed by atoms with Crippen LogP contribution in [0.2, 0.25) is 0 Å². The van der Waals surface area contributed by atoms with E-state index in [2.05, 4.69) is 4.90 Å². The van der Waals surface area contributed by atoms with Crippen LogP contribution >= 0.6 is 0 Å². The average molecular weight is 173 g/mol. The quantitative estimate of drug-likeness (QED) is 0.682. The van der Waals surface area contributed by atoms with Crippen LogP contribution in [0, 0.1) is 5.92 Å². The molecule has 1 aliphatic heterocycles. The average Bonchev–Trinajstić information content (AvgIpc) is 2.64. The molecular formula is C9H16FNO. The zero-order valence-electron chi connectivity index (χ0n) is 7.25. The molecule has 0 spiro atoms. The molecule has 2 bridgehead atoms. The molecule has 3 atom stereocenters. The minimum Gasteiger partial charge on any atom is -0.389 e. The lowest BCUT2D eigenvalue weighted by atomic mass is 10.1. The predicted molar refractivity (Wildman–Crippen MR) is 44.7 cm³/mol. The first kappa shape index (κ1) is 8.45. The van der Waals surface area contributed by atoms with E-state index in [1.54, 1.807) is 0 Å². The van der Waals surface area contributed by atoms with Gasteiger partial charge in [-0.3, -0.25) is 4.90 Å². The Labute approximate surface area is 72.4 Å². The third kappa shape index (κ3) is 1.48. The van der Waals surface area contributed by atoms with E-state index < -0.39 is 12.8 Å². The van der Waals surface area contributed by atoms with Crippen LogP contribution < -0.4 is 0 Å². The van der Waals surface area contributed by atoms with Crippen molar-refractivity contribution in [2.45, 2.75) is 31.4 Å². The molecule has 3 unspecified atom stereocenters. The van der Waals surface area contributed by atoms with Crippen LogP contribution in [0.3, 0.4) is 0 Å². The lowest BCUT2D eigenvalue weighted by Gasteiger charge is -2.27. The number of β-amino-alcohol motifs (C(OH)–C–C–N with tert-alkyl or cyclic N) is 1. The zero-order chi connectivity index (χ0) is 8.55. The number of likely N-dealkylation sites (tertiary alicyclic amines) is 1. The number of piperidine rings is 1. The SMILES string of the molecule is OC(CF)CN1CC2CCC1C2. The molecule has 2 aliphatic rings. The fourth-order valence-corrected chi connectivity index (χ4v) is 2.57. The molecule has 12 heavy (non-hydrogen) atoms. The smallest absolute Gasteiger partial charge is 0.117 e. The van der Waals surface area contributed by atoms with Crippen LogP contribution in [0.1, 0.15) is 19.3 Å². The first-order chi connectivity index (χ1) is 5.79. The summed E-state index contributed by atoms with van der Waals surface area (Å²) in [4.78, 5) is 2.25. The second-order valence-electron chi connectivity index (χ2n) is 4.09. The molecule has 1 N–H and O–H groups in total. The molecule has 0 aromatic rings. The summed E-state index contributed by atoms with van der Waals surface area (Å²) in [6.07, 6.45) is 3.11. The van der Waals surface area contributed by atoms with Crippen LogP contribution in [0.15, 0.2) is 0 Å². The summed E-state index contributed by atoms with van der Waals surface area (Å²) in [7, 11) is 0. The predicted octanol–water partition coefficient (Wildman–Crippen LogP) is 0.801. The Kier molecular flexibility index (Phi) is 2.33. The van der Waals surface area contributed by atoms with E-state index in [4.69, 9.17) is 5.11 Å². The highest BCUT2D eigenvalue weighted by molar-refractivity contribution is 4.92. The van der Waals surface area contributed by atoms with Gasteiger partial charge >= 0.3 is 0 Å². The molecule has 2 fully saturated rings. The number of aliphatic hydroxyl groups excluding tert-OH is 1. The van der Waals surface area contributed by atoms with Crippen molar-refractivity contribution in [3.05, 3.63) is 0 Å². The molecule has 3 heteroatoms. The fraction of sp³-hybridized carbons (Fsp3) is 1.00.